The van der Waals surface area contributed by atoms with Gasteiger partial charge in [0, 0.05) is 0 Å². The number of likely N-dealkylation sites (N-methyl/N-ethyl adjacent to an activating group) is 1. The minimum absolute atomic E-state index is 0.178. The fourth-order valence-corrected chi connectivity index (χ4v) is 1.91. The average molecular weight is 244 g/mol. The second-order valence-corrected chi connectivity index (χ2v) is 4.56. The van der Waals surface area contributed by atoms with E-state index in [1.165, 1.54) is 7.11 Å². The second-order valence-electron chi connectivity index (χ2n) is 4.56. The molecule has 0 fully saturated rings. The molecule has 0 aromatic carbocycles. The zero-order valence-electron chi connectivity index (χ0n) is 12.0. The largest absolute Gasteiger partial charge is 0.468 e. The van der Waals surface area contributed by atoms with E-state index in [1.54, 1.807) is 7.05 Å². The second kappa shape index (κ2) is 8.48. The van der Waals surface area contributed by atoms with Gasteiger partial charge in [-0.15, -0.1) is 0 Å². The third kappa shape index (κ3) is 5.50. The Labute approximate surface area is 106 Å². The van der Waals surface area contributed by atoms with Crippen molar-refractivity contribution in [2.75, 3.05) is 33.8 Å². The van der Waals surface area contributed by atoms with Gasteiger partial charge in [-0.1, -0.05) is 13.8 Å². The van der Waals surface area contributed by atoms with Gasteiger partial charge >= 0.3 is 5.97 Å². The van der Waals surface area contributed by atoms with Gasteiger partial charge in [-0.25, -0.2) is 0 Å². The van der Waals surface area contributed by atoms with E-state index in [2.05, 4.69) is 24.1 Å². The number of unbranched alkanes of at least 4 members (excludes halogenated alkanes) is 1. The van der Waals surface area contributed by atoms with E-state index in [1.807, 2.05) is 6.92 Å². The number of carbonyl (C=O) groups is 1. The quantitative estimate of drug-likeness (QED) is 0.494. The zero-order valence-corrected chi connectivity index (χ0v) is 12.0. The molecule has 0 spiro atoms. The van der Waals surface area contributed by atoms with Crippen LogP contribution in [0.4, 0.5) is 0 Å². The number of hydrogen-bond acceptors (Lipinski definition) is 4. The Morgan fingerprint density at radius 3 is 2.29 bits per heavy atom. The topological polar surface area (TPSA) is 41.6 Å². The molecule has 102 valence electrons. The lowest BCUT2D eigenvalue weighted by atomic mass is 9.95. The molecule has 0 saturated carbocycles. The number of ether oxygens (including phenoxy) is 1. The van der Waals surface area contributed by atoms with Crippen molar-refractivity contribution < 1.29 is 9.53 Å². The summed E-state index contributed by atoms with van der Waals surface area (Å²) in [6.45, 7) is 9.54. The van der Waals surface area contributed by atoms with Gasteiger partial charge in [0.1, 0.15) is 5.54 Å². The first-order valence-electron chi connectivity index (χ1n) is 6.53. The first-order chi connectivity index (χ1) is 8.03. The lowest BCUT2D eigenvalue weighted by Crippen LogP contribution is -2.48. The average Bonchev–Trinajstić information content (AvgIpc) is 2.37. The molecule has 4 heteroatoms. The molecule has 1 N–H and O–H groups in total. The van der Waals surface area contributed by atoms with Crippen molar-refractivity contribution in [1.29, 1.82) is 0 Å². The number of nitrogens with one attached hydrogen (secondary N) is 1. The Morgan fingerprint density at radius 1 is 1.29 bits per heavy atom. The molecule has 0 heterocycles. The molecule has 1 unspecified atom stereocenters. The summed E-state index contributed by atoms with van der Waals surface area (Å²) in [5.41, 5.74) is -0.544. The van der Waals surface area contributed by atoms with Gasteiger partial charge in [0.2, 0.25) is 0 Å². The van der Waals surface area contributed by atoms with Crippen LogP contribution in [0.1, 0.15) is 40.0 Å². The highest BCUT2D eigenvalue weighted by Gasteiger charge is 2.31. The number of rotatable bonds is 9. The van der Waals surface area contributed by atoms with Crippen LogP contribution in [0.3, 0.4) is 0 Å². The van der Waals surface area contributed by atoms with Gasteiger partial charge in [0.05, 0.1) is 7.11 Å². The van der Waals surface area contributed by atoms with Crippen molar-refractivity contribution in [3.63, 3.8) is 0 Å². The summed E-state index contributed by atoms with van der Waals surface area (Å²) in [6, 6.07) is 0. The number of nitrogens with zero attached hydrogens (tertiary/aromatic N) is 1. The molecule has 0 radical (unpaired) electrons. The fraction of sp³-hybridized carbons (Fsp3) is 0.923. The van der Waals surface area contributed by atoms with Crippen molar-refractivity contribution in [1.82, 2.24) is 10.2 Å². The van der Waals surface area contributed by atoms with Crippen molar-refractivity contribution >= 4 is 5.97 Å². The highest BCUT2D eigenvalue weighted by Crippen LogP contribution is 2.15. The third-order valence-corrected chi connectivity index (χ3v) is 3.48. The molecule has 4 nitrogen and oxygen atoms in total. The molecule has 0 aromatic rings. The summed E-state index contributed by atoms with van der Waals surface area (Å²) in [5, 5.41) is 3.06. The van der Waals surface area contributed by atoms with E-state index in [4.69, 9.17) is 4.74 Å². The highest BCUT2D eigenvalue weighted by atomic mass is 16.5. The van der Waals surface area contributed by atoms with Crippen molar-refractivity contribution in [2.24, 2.45) is 0 Å². The third-order valence-electron chi connectivity index (χ3n) is 3.48. The van der Waals surface area contributed by atoms with Crippen LogP contribution in [0.15, 0.2) is 0 Å². The number of hydrogen-bond donors (Lipinski definition) is 1. The molecule has 0 amide bonds. The van der Waals surface area contributed by atoms with E-state index >= 15 is 0 Å². The van der Waals surface area contributed by atoms with Crippen LogP contribution in [0.5, 0.6) is 0 Å². The monoisotopic (exact) mass is 244 g/mol. The lowest BCUT2D eigenvalue weighted by molar-refractivity contribution is -0.148. The molecule has 1 atom stereocenters. The van der Waals surface area contributed by atoms with Gasteiger partial charge in [-0.05, 0) is 52.9 Å². The molecule has 0 aliphatic heterocycles. The Bertz CT molecular complexity index is 217. The summed E-state index contributed by atoms with van der Waals surface area (Å²) in [7, 11) is 3.25. The summed E-state index contributed by atoms with van der Waals surface area (Å²) in [4.78, 5) is 14.0. The van der Waals surface area contributed by atoms with Gasteiger partial charge in [0.15, 0.2) is 0 Å². The Kier molecular flexibility index (Phi) is 8.17. The Morgan fingerprint density at radius 2 is 1.88 bits per heavy atom. The number of carbonyl (C=O) groups excluding carboxylic acids is 1. The van der Waals surface area contributed by atoms with Crippen LogP contribution >= 0.6 is 0 Å². The van der Waals surface area contributed by atoms with Crippen LogP contribution in [-0.4, -0.2) is 50.2 Å². The minimum Gasteiger partial charge on any atom is -0.468 e. The molecule has 0 aliphatic carbocycles. The normalized spacial score (nSPS) is 14.7. The van der Waals surface area contributed by atoms with Crippen molar-refractivity contribution in [3.05, 3.63) is 0 Å². The Balaban J connectivity index is 3.96. The summed E-state index contributed by atoms with van der Waals surface area (Å²) < 4.78 is 4.81. The van der Waals surface area contributed by atoms with Gasteiger partial charge in [0.25, 0.3) is 0 Å². The van der Waals surface area contributed by atoms with Crippen LogP contribution in [-0.2, 0) is 9.53 Å². The lowest BCUT2D eigenvalue weighted by Gasteiger charge is -2.26. The van der Waals surface area contributed by atoms with Crippen LogP contribution in [0.2, 0.25) is 0 Å². The molecule has 0 bridgehead atoms. The molecular formula is C13H28N2O2. The van der Waals surface area contributed by atoms with Crippen LogP contribution in [0, 0.1) is 0 Å². The predicted octanol–water partition coefficient (Wildman–Crippen LogP) is 1.65. The first kappa shape index (κ1) is 16.4. The van der Waals surface area contributed by atoms with Crippen LogP contribution in [0.25, 0.3) is 0 Å². The molecule has 17 heavy (non-hydrogen) atoms. The maximum Gasteiger partial charge on any atom is 0.325 e. The van der Waals surface area contributed by atoms with Crippen molar-refractivity contribution in [3.8, 4) is 0 Å². The molecular weight excluding hydrogens is 216 g/mol. The maximum atomic E-state index is 11.6. The predicted molar refractivity (Wildman–Crippen MR) is 71.1 cm³/mol. The molecule has 0 aliphatic rings. The van der Waals surface area contributed by atoms with Crippen LogP contribution < -0.4 is 5.32 Å². The number of methoxy groups -OCH3 is 1. The van der Waals surface area contributed by atoms with E-state index in [0.717, 1.165) is 38.9 Å². The molecule has 0 saturated heterocycles. The first-order valence-corrected chi connectivity index (χ1v) is 6.53. The van der Waals surface area contributed by atoms with Gasteiger partial charge in [-0.3, -0.25) is 4.79 Å². The summed E-state index contributed by atoms with van der Waals surface area (Å²) >= 11 is 0. The summed E-state index contributed by atoms with van der Waals surface area (Å²) in [5.74, 6) is -0.178. The van der Waals surface area contributed by atoms with E-state index in [-0.39, 0.29) is 5.97 Å². The molecule has 0 rings (SSSR count). The van der Waals surface area contributed by atoms with Gasteiger partial charge < -0.3 is 15.0 Å². The fourth-order valence-electron chi connectivity index (χ4n) is 1.91. The minimum atomic E-state index is -0.544. The highest BCUT2D eigenvalue weighted by molar-refractivity contribution is 5.80. The number of esters is 1. The van der Waals surface area contributed by atoms with E-state index < -0.39 is 5.54 Å². The molecule has 0 aromatic heterocycles. The van der Waals surface area contributed by atoms with Crippen molar-refractivity contribution in [2.45, 2.75) is 45.6 Å². The smallest absolute Gasteiger partial charge is 0.325 e. The summed E-state index contributed by atoms with van der Waals surface area (Å²) in [6.07, 6.45) is 2.97. The standard InChI is InChI=1S/C13H28N2O2/c1-6-15(7-2)11-9-8-10-13(3,14-4)12(16)17-5/h14H,6-11H2,1-5H3. The SMILES string of the molecule is CCN(CC)CCCCC(C)(NC)C(=O)OC. The van der Waals surface area contributed by atoms with Gasteiger partial charge in [-0.2, -0.15) is 0 Å². The van der Waals surface area contributed by atoms with E-state index in [9.17, 15) is 4.79 Å². The van der Waals surface area contributed by atoms with E-state index in [0.29, 0.717) is 0 Å². The maximum absolute atomic E-state index is 11.6. The zero-order chi connectivity index (χ0) is 13.3. The Hall–Kier alpha value is -0.610.